The second-order valence-corrected chi connectivity index (χ2v) is 5.37. The zero-order valence-electron chi connectivity index (χ0n) is 11.8. The molecule has 1 amide bonds. The van der Waals surface area contributed by atoms with E-state index in [2.05, 4.69) is 17.4 Å². The van der Waals surface area contributed by atoms with Crippen molar-refractivity contribution in [3.8, 4) is 0 Å². The van der Waals surface area contributed by atoms with Gasteiger partial charge in [-0.3, -0.25) is 4.79 Å². The maximum Gasteiger partial charge on any atom is 0.222 e. The van der Waals surface area contributed by atoms with E-state index in [1.54, 1.807) is 0 Å². The van der Waals surface area contributed by atoms with Crippen molar-refractivity contribution in [3.63, 3.8) is 0 Å². The molecule has 0 aliphatic carbocycles. The predicted molar refractivity (Wildman–Crippen MR) is 78.0 cm³/mol. The van der Waals surface area contributed by atoms with Gasteiger partial charge in [0.25, 0.3) is 0 Å². The normalized spacial score (nSPS) is 16.6. The van der Waals surface area contributed by atoms with Crippen LogP contribution in [0.4, 0.5) is 0 Å². The minimum Gasteiger partial charge on any atom is -0.343 e. The van der Waals surface area contributed by atoms with Crippen LogP contribution < -0.4 is 5.32 Å². The third-order valence-corrected chi connectivity index (χ3v) is 3.93. The Morgan fingerprint density at radius 1 is 1.26 bits per heavy atom. The van der Waals surface area contributed by atoms with E-state index >= 15 is 0 Å². The summed E-state index contributed by atoms with van der Waals surface area (Å²) in [6, 6.07) is 10.3. The molecule has 1 saturated heterocycles. The van der Waals surface area contributed by atoms with Crippen LogP contribution in [0.3, 0.4) is 0 Å². The minimum atomic E-state index is 0.312. The highest BCUT2D eigenvalue weighted by molar-refractivity contribution is 5.76. The number of amides is 1. The smallest absolute Gasteiger partial charge is 0.222 e. The van der Waals surface area contributed by atoms with Crippen LogP contribution in [0.1, 0.15) is 24.8 Å². The van der Waals surface area contributed by atoms with Gasteiger partial charge in [-0.2, -0.15) is 0 Å². The van der Waals surface area contributed by atoms with Crippen molar-refractivity contribution in [1.29, 1.82) is 0 Å². The van der Waals surface area contributed by atoms with E-state index < -0.39 is 0 Å². The lowest BCUT2D eigenvalue weighted by Gasteiger charge is -2.32. The molecule has 3 heteroatoms. The Morgan fingerprint density at radius 2 is 1.95 bits per heavy atom. The molecule has 1 aliphatic heterocycles. The number of nitrogens with zero attached hydrogens (tertiary/aromatic N) is 1. The number of piperidine rings is 1. The molecule has 19 heavy (non-hydrogen) atoms. The molecule has 1 aromatic rings. The van der Waals surface area contributed by atoms with Crippen molar-refractivity contribution in [2.45, 2.75) is 25.7 Å². The first kappa shape index (κ1) is 14.1. The minimum absolute atomic E-state index is 0.312. The second-order valence-electron chi connectivity index (χ2n) is 5.37. The van der Waals surface area contributed by atoms with E-state index in [0.717, 1.165) is 44.8 Å². The van der Waals surface area contributed by atoms with E-state index in [-0.39, 0.29) is 0 Å². The summed E-state index contributed by atoms with van der Waals surface area (Å²) in [4.78, 5) is 14.2. The van der Waals surface area contributed by atoms with Crippen LogP contribution in [0.25, 0.3) is 0 Å². The van der Waals surface area contributed by atoms with Crippen LogP contribution in [0.5, 0.6) is 0 Å². The number of benzene rings is 1. The fourth-order valence-electron chi connectivity index (χ4n) is 2.73. The van der Waals surface area contributed by atoms with Crippen molar-refractivity contribution in [1.82, 2.24) is 10.2 Å². The highest BCUT2D eigenvalue weighted by Crippen LogP contribution is 2.17. The lowest BCUT2D eigenvalue weighted by molar-refractivity contribution is -0.132. The maximum atomic E-state index is 12.1. The Bertz CT molecular complexity index is 383. The Kier molecular flexibility index (Phi) is 5.40. The Morgan fingerprint density at radius 3 is 2.58 bits per heavy atom. The van der Waals surface area contributed by atoms with Crippen LogP contribution in [-0.2, 0) is 11.2 Å². The molecule has 104 valence electrons. The first-order chi connectivity index (χ1) is 9.29. The summed E-state index contributed by atoms with van der Waals surface area (Å²) >= 11 is 0. The summed E-state index contributed by atoms with van der Waals surface area (Å²) in [5.41, 5.74) is 1.25. The summed E-state index contributed by atoms with van der Waals surface area (Å²) in [5.74, 6) is 1.05. The van der Waals surface area contributed by atoms with Crippen molar-refractivity contribution in [2.24, 2.45) is 5.92 Å². The quantitative estimate of drug-likeness (QED) is 0.879. The number of rotatable bonds is 5. The largest absolute Gasteiger partial charge is 0.343 e. The van der Waals surface area contributed by atoms with Gasteiger partial charge in [0.1, 0.15) is 0 Å². The van der Waals surface area contributed by atoms with E-state index in [9.17, 15) is 4.79 Å². The summed E-state index contributed by atoms with van der Waals surface area (Å²) < 4.78 is 0. The summed E-state index contributed by atoms with van der Waals surface area (Å²) in [7, 11) is 2.00. The predicted octanol–water partition coefficient (Wildman–Crippen LogP) is 2.08. The number of hydrogen-bond acceptors (Lipinski definition) is 2. The zero-order valence-corrected chi connectivity index (χ0v) is 11.8. The molecular formula is C16H24N2O. The first-order valence-electron chi connectivity index (χ1n) is 7.26. The monoisotopic (exact) mass is 260 g/mol. The molecule has 1 aliphatic rings. The molecule has 0 aromatic heterocycles. The summed E-state index contributed by atoms with van der Waals surface area (Å²) in [5, 5.41) is 3.22. The average molecular weight is 260 g/mol. The maximum absolute atomic E-state index is 12.1. The van der Waals surface area contributed by atoms with E-state index in [4.69, 9.17) is 0 Å². The molecule has 0 atom stereocenters. The fraction of sp³-hybridized carbons (Fsp3) is 0.562. The molecule has 3 nitrogen and oxygen atoms in total. The molecule has 1 N–H and O–H groups in total. The fourth-order valence-corrected chi connectivity index (χ4v) is 2.73. The van der Waals surface area contributed by atoms with Crippen molar-refractivity contribution in [3.05, 3.63) is 35.9 Å². The lowest BCUT2D eigenvalue weighted by Crippen LogP contribution is -2.40. The van der Waals surface area contributed by atoms with Crippen LogP contribution in [0, 0.1) is 5.92 Å². The van der Waals surface area contributed by atoms with E-state index in [1.807, 2.05) is 30.1 Å². The van der Waals surface area contributed by atoms with Gasteiger partial charge in [-0.25, -0.2) is 0 Å². The first-order valence-corrected chi connectivity index (χ1v) is 7.26. The number of carbonyl (C=O) groups is 1. The van der Waals surface area contributed by atoms with Crippen molar-refractivity contribution in [2.75, 3.05) is 26.7 Å². The van der Waals surface area contributed by atoms with Crippen LogP contribution in [0.15, 0.2) is 30.3 Å². The zero-order chi connectivity index (χ0) is 13.5. The van der Waals surface area contributed by atoms with Gasteiger partial charge in [0.2, 0.25) is 5.91 Å². The third kappa shape index (κ3) is 4.35. The number of nitrogens with one attached hydrogen (secondary N) is 1. The standard InChI is InChI=1S/C16H24N2O/c1-17-13-15-9-11-18(12-10-15)16(19)8-7-14-5-3-2-4-6-14/h2-6,15,17H,7-13H2,1H3. The molecule has 1 heterocycles. The molecule has 2 rings (SSSR count). The number of hydrogen-bond donors (Lipinski definition) is 1. The van der Waals surface area contributed by atoms with Gasteiger partial charge >= 0.3 is 0 Å². The summed E-state index contributed by atoms with van der Waals surface area (Å²) in [6.45, 7) is 2.94. The van der Waals surface area contributed by atoms with Gasteiger partial charge in [-0.1, -0.05) is 30.3 Å². The van der Waals surface area contributed by atoms with Gasteiger partial charge in [0.05, 0.1) is 0 Å². The number of carbonyl (C=O) groups excluding carboxylic acids is 1. The Hall–Kier alpha value is -1.35. The Labute approximate surface area is 116 Å². The highest BCUT2D eigenvalue weighted by atomic mass is 16.2. The lowest BCUT2D eigenvalue weighted by atomic mass is 9.96. The van der Waals surface area contributed by atoms with Gasteiger partial charge < -0.3 is 10.2 Å². The summed E-state index contributed by atoms with van der Waals surface area (Å²) in [6.07, 6.45) is 3.77. The molecule has 0 radical (unpaired) electrons. The number of aryl methyl sites for hydroxylation is 1. The van der Waals surface area contributed by atoms with Gasteiger partial charge in [-0.15, -0.1) is 0 Å². The molecule has 0 saturated carbocycles. The van der Waals surface area contributed by atoms with Gasteiger partial charge in [0, 0.05) is 19.5 Å². The SMILES string of the molecule is CNCC1CCN(C(=O)CCc2ccccc2)CC1. The van der Waals surface area contributed by atoms with E-state index in [0.29, 0.717) is 12.3 Å². The molecule has 0 spiro atoms. The molecule has 0 unspecified atom stereocenters. The second kappa shape index (κ2) is 7.29. The molecule has 1 fully saturated rings. The van der Waals surface area contributed by atoms with Crippen molar-refractivity contribution < 1.29 is 4.79 Å². The van der Waals surface area contributed by atoms with Gasteiger partial charge in [-0.05, 0) is 44.3 Å². The highest BCUT2D eigenvalue weighted by Gasteiger charge is 2.21. The average Bonchev–Trinajstić information content (AvgIpc) is 2.47. The topological polar surface area (TPSA) is 32.3 Å². The Balaban J connectivity index is 1.73. The van der Waals surface area contributed by atoms with Crippen LogP contribution >= 0.6 is 0 Å². The third-order valence-electron chi connectivity index (χ3n) is 3.93. The van der Waals surface area contributed by atoms with E-state index in [1.165, 1.54) is 5.56 Å². The van der Waals surface area contributed by atoms with Crippen LogP contribution in [0.2, 0.25) is 0 Å². The number of likely N-dealkylation sites (tertiary alicyclic amines) is 1. The molecular weight excluding hydrogens is 236 g/mol. The van der Waals surface area contributed by atoms with Crippen molar-refractivity contribution >= 4 is 5.91 Å². The van der Waals surface area contributed by atoms with Gasteiger partial charge in [0.15, 0.2) is 0 Å². The molecule has 1 aromatic carbocycles. The molecule has 0 bridgehead atoms. The van der Waals surface area contributed by atoms with Crippen LogP contribution in [-0.4, -0.2) is 37.5 Å².